The van der Waals surface area contributed by atoms with Crippen molar-refractivity contribution < 1.29 is 4.42 Å². The van der Waals surface area contributed by atoms with Gasteiger partial charge in [0.15, 0.2) is 0 Å². The fraction of sp³-hybridized carbons (Fsp3) is 0.214. The van der Waals surface area contributed by atoms with Gasteiger partial charge in [-0.25, -0.2) is 9.97 Å². The lowest BCUT2D eigenvalue weighted by Gasteiger charge is -2.22. The van der Waals surface area contributed by atoms with Gasteiger partial charge in [-0.15, -0.1) is 0 Å². The van der Waals surface area contributed by atoms with Crippen molar-refractivity contribution in [2.45, 2.75) is 26.7 Å². The predicted molar refractivity (Wildman–Crippen MR) is 136 cm³/mol. The summed E-state index contributed by atoms with van der Waals surface area (Å²) in [5.74, 6) is 2.30. The molecule has 0 saturated heterocycles. The van der Waals surface area contributed by atoms with E-state index < -0.39 is 0 Å². The molecule has 6 nitrogen and oxygen atoms in total. The van der Waals surface area contributed by atoms with Crippen LogP contribution < -0.4 is 5.32 Å². The SMILES string of the molecule is Cc1ccc(-c2cc(NCC(C)[C@@H](C)c3cccc4c(-c5ccco5)ccnc34)ncn2)cn1. The number of para-hydroxylation sites is 1. The molecule has 0 spiro atoms. The monoisotopic (exact) mass is 449 g/mol. The van der Waals surface area contributed by atoms with Crippen molar-refractivity contribution in [3.63, 3.8) is 0 Å². The van der Waals surface area contributed by atoms with Gasteiger partial charge >= 0.3 is 0 Å². The Hall–Kier alpha value is -4.06. The van der Waals surface area contributed by atoms with Gasteiger partial charge in [0, 0.05) is 47.2 Å². The maximum atomic E-state index is 5.66. The molecular weight excluding hydrogens is 422 g/mol. The Morgan fingerprint density at radius 2 is 1.85 bits per heavy atom. The van der Waals surface area contributed by atoms with Gasteiger partial charge in [0.05, 0.1) is 17.5 Å². The zero-order valence-corrected chi connectivity index (χ0v) is 19.6. The second kappa shape index (κ2) is 9.43. The number of hydrogen-bond donors (Lipinski definition) is 1. The fourth-order valence-corrected chi connectivity index (χ4v) is 4.19. The molecule has 2 atom stereocenters. The number of rotatable bonds is 7. The molecule has 1 unspecified atom stereocenters. The zero-order valence-electron chi connectivity index (χ0n) is 19.6. The van der Waals surface area contributed by atoms with Crippen LogP contribution in [0.3, 0.4) is 0 Å². The van der Waals surface area contributed by atoms with E-state index >= 15 is 0 Å². The Kier molecular flexibility index (Phi) is 6.04. The van der Waals surface area contributed by atoms with E-state index in [4.69, 9.17) is 9.40 Å². The Morgan fingerprint density at radius 1 is 0.941 bits per heavy atom. The molecule has 0 amide bonds. The van der Waals surface area contributed by atoms with Crippen LogP contribution in [0.2, 0.25) is 0 Å². The summed E-state index contributed by atoms with van der Waals surface area (Å²) in [5, 5.41) is 4.60. The van der Waals surface area contributed by atoms with Crippen molar-refractivity contribution in [3.8, 4) is 22.6 Å². The molecule has 6 heteroatoms. The Balaban J connectivity index is 1.34. The normalized spacial score (nSPS) is 13.0. The first-order valence-electron chi connectivity index (χ1n) is 11.5. The van der Waals surface area contributed by atoms with Gasteiger partial charge in [0.25, 0.3) is 0 Å². The minimum Gasteiger partial charge on any atom is -0.464 e. The summed E-state index contributed by atoms with van der Waals surface area (Å²) in [6.07, 6.45) is 7.00. The first kappa shape index (κ1) is 21.8. The van der Waals surface area contributed by atoms with Crippen LogP contribution >= 0.6 is 0 Å². The molecule has 34 heavy (non-hydrogen) atoms. The highest BCUT2D eigenvalue weighted by atomic mass is 16.3. The molecule has 0 radical (unpaired) electrons. The first-order chi connectivity index (χ1) is 16.6. The van der Waals surface area contributed by atoms with Crippen molar-refractivity contribution in [1.29, 1.82) is 0 Å². The third-order valence-electron chi connectivity index (χ3n) is 6.41. The van der Waals surface area contributed by atoms with E-state index in [0.717, 1.165) is 51.5 Å². The number of furan rings is 1. The number of hydrogen-bond acceptors (Lipinski definition) is 6. The molecule has 0 aliphatic heterocycles. The second-order valence-electron chi connectivity index (χ2n) is 8.70. The third kappa shape index (κ3) is 4.39. The minimum atomic E-state index is 0.290. The lowest BCUT2D eigenvalue weighted by Crippen LogP contribution is -2.18. The molecule has 5 aromatic rings. The number of aromatic nitrogens is 4. The van der Waals surface area contributed by atoms with E-state index in [1.807, 2.05) is 55.7 Å². The lowest BCUT2D eigenvalue weighted by molar-refractivity contribution is 0.513. The van der Waals surface area contributed by atoms with Crippen molar-refractivity contribution >= 4 is 16.7 Å². The number of nitrogens with one attached hydrogen (secondary N) is 1. The van der Waals surface area contributed by atoms with Crippen LogP contribution in [0.15, 0.2) is 84.0 Å². The van der Waals surface area contributed by atoms with Gasteiger partial charge in [-0.3, -0.25) is 9.97 Å². The molecule has 4 heterocycles. The van der Waals surface area contributed by atoms with Gasteiger partial charge in [-0.2, -0.15) is 0 Å². The Bertz CT molecular complexity index is 1400. The van der Waals surface area contributed by atoms with Crippen LogP contribution in [0.1, 0.15) is 31.0 Å². The standard InChI is InChI=1S/C28H27N5O/c1-18(15-31-27-14-25(32-17-33-27)21-10-9-19(2)30-16-21)20(3)22-6-4-7-24-23(11-12-29-28(22)24)26-8-5-13-34-26/h4-14,16-18,20H,15H2,1-3H3,(H,31,32,33)/t18?,20-/m1/s1. The fourth-order valence-electron chi connectivity index (χ4n) is 4.19. The molecule has 4 aromatic heterocycles. The third-order valence-corrected chi connectivity index (χ3v) is 6.41. The van der Waals surface area contributed by atoms with E-state index in [1.54, 1.807) is 12.6 Å². The molecule has 0 aliphatic carbocycles. The number of pyridine rings is 2. The van der Waals surface area contributed by atoms with Crippen LogP contribution in [0.4, 0.5) is 5.82 Å². The number of nitrogens with zero attached hydrogens (tertiary/aromatic N) is 4. The van der Waals surface area contributed by atoms with Gasteiger partial charge in [-0.05, 0) is 54.7 Å². The molecule has 5 rings (SSSR count). The van der Waals surface area contributed by atoms with Crippen molar-refractivity contribution in [2.75, 3.05) is 11.9 Å². The number of anilines is 1. The molecule has 0 aliphatic rings. The molecule has 0 bridgehead atoms. The average molecular weight is 450 g/mol. The van der Waals surface area contributed by atoms with E-state index in [1.165, 1.54) is 5.56 Å². The van der Waals surface area contributed by atoms with Crippen molar-refractivity contribution in [2.24, 2.45) is 5.92 Å². The molecule has 1 aromatic carbocycles. The topological polar surface area (TPSA) is 76.7 Å². The summed E-state index contributed by atoms with van der Waals surface area (Å²) < 4.78 is 5.66. The molecular formula is C28H27N5O. The van der Waals surface area contributed by atoms with Crippen molar-refractivity contribution in [1.82, 2.24) is 19.9 Å². The second-order valence-corrected chi connectivity index (χ2v) is 8.70. The summed E-state index contributed by atoms with van der Waals surface area (Å²) in [6, 6.07) is 18.3. The molecule has 0 saturated carbocycles. The molecule has 170 valence electrons. The van der Waals surface area contributed by atoms with Crippen LogP contribution in [-0.4, -0.2) is 26.5 Å². The largest absolute Gasteiger partial charge is 0.464 e. The molecule has 1 N–H and O–H groups in total. The summed E-state index contributed by atoms with van der Waals surface area (Å²) in [4.78, 5) is 17.9. The van der Waals surface area contributed by atoms with Gasteiger partial charge < -0.3 is 9.73 Å². The van der Waals surface area contributed by atoms with Gasteiger partial charge in [0.2, 0.25) is 0 Å². The van der Waals surface area contributed by atoms with Gasteiger partial charge in [0.1, 0.15) is 17.9 Å². The van der Waals surface area contributed by atoms with Crippen molar-refractivity contribution in [3.05, 3.63) is 90.8 Å². The van der Waals surface area contributed by atoms with Crippen LogP contribution in [0.5, 0.6) is 0 Å². The zero-order chi connectivity index (χ0) is 23.5. The highest BCUT2D eigenvalue weighted by molar-refractivity contribution is 5.94. The Morgan fingerprint density at radius 3 is 2.65 bits per heavy atom. The number of benzene rings is 1. The maximum Gasteiger partial charge on any atom is 0.134 e. The van der Waals surface area contributed by atoms with Crippen LogP contribution in [-0.2, 0) is 0 Å². The minimum absolute atomic E-state index is 0.290. The summed E-state index contributed by atoms with van der Waals surface area (Å²) >= 11 is 0. The highest BCUT2D eigenvalue weighted by Crippen LogP contribution is 2.34. The number of aryl methyl sites for hydroxylation is 1. The summed E-state index contributed by atoms with van der Waals surface area (Å²) in [6.45, 7) is 7.26. The summed E-state index contributed by atoms with van der Waals surface area (Å²) in [5.41, 5.74) is 6.13. The van der Waals surface area contributed by atoms with Crippen LogP contribution in [0.25, 0.3) is 33.5 Å². The van der Waals surface area contributed by atoms with E-state index in [0.29, 0.717) is 5.92 Å². The quantitative estimate of drug-likeness (QED) is 0.305. The average Bonchev–Trinajstić information content (AvgIpc) is 3.41. The smallest absolute Gasteiger partial charge is 0.134 e. The number of fused-ring (bicyclic) bond motifs is 1. The predicted octanol–water partition coefficient (Wildman–Crippen LogP) is 6.51. The van der Waals surface area contributed by atoms with E-state index in [2.05, 4.69) is 52.3 Å². The van der Waals surface area contributed by atoms with E-state index in [9.17, 15) is 0 Å². The Labute approximate surface area is 199 Å². The highest BCUT2D eigenvalue weighted by Gasteiger charge is 2.19. The van der Waals surface area contributed by atoms with Crippen LogP contribution in [0, 0.1) is 12.8 Å². The lowest BCUT2D eigenvalue weighted by atomic mass is 9.87. The maximum absolute atomic E-state index is 5.66. The summed E-state index contributed by atoms with van der Waals surface area (Å²) in [7, 11) is 0. The first-order valence-corrected chi connectivity index (χ1v) is 11.5. The van der Waals surface area contributed by atoms with E-state index in [-0.39, 0.29) is 5.92 Å². The molecule has 0 fully saturated rings. The van der Waals surface area contributed by atoms with Gasteiger partial charge in [-0.1, -0.05) is 32.0 Å².